The number of nitrogens with two attached hydrogens (primary N) is 1. The molecule has 0 saturated carbocycles. The first kappa shape index (κ1) is 13.9. The minimum absolute atomic E-state index is 0.440. The minimum atomic E-state index is 0.440. The molecule has 0 amide bonds. The van der Waals surface area contributed by atoms with Crippen LogP contribution in [0, 0.1) is 5.92 Å². The number of guanidine groups is 1. The van der Waals surface area contributed by atoms with Gasteiger partial charge in [0.05, 0.1) is 0 Å². The Hall–Kier alpha value is -1.55. The molecule has 0 radical (unpaired) electrons. The lowest BCUT2D eigenvalue weighted by Crippen LogP contribution is -2.51. The van der Waals surface area contributed by atoms with Gasteiger partial charge in [-0.3, -0.25) is 9.89 Å². The van der Waals surface area contributed by atoms with E-state index >= 15 is 0 Å². The van der Waals surface area contributed by atoms with E-state index in [1.165, 1.54) is 5.56 Å². The molecule has 0 aromatic heterocycles. The maximum Gasteiger partial charge on any atom is 0.188 e. The third-order valence-electron chi connectivity index (χ3n) is 3.81. The Labute approximate surface area is 115 Å². The molecule has 0 spiro atoms. The second-order valence-corrected chi connectivity index (χ2v) is 5.35. The highest BCUT2D eigenvalue weighted by molar-refractivity contribution is 5.77. The van der Waals surface area contributed by atoms with Crippen LogP contribution in [-0.4, -0.2) is 37.0 Å². The van der Waals surface area contributed by atoms with E-state index in [0.29, 0.717) is 17.9 Å². The lowest BCUT2D eigenvalue weighted by molar-refractivity contribution is 0.149. The van der Waals surface area contributed by atoms with E-state index in [1.54, 1.807) is 7.05 Å². The van der Waals surface area contributed by atoms with E-state index in [-0.39, 0.29) is 0 Å². The number of rotatable bonds is 3. The van der Waals surface area contributed by atoms with Gasteiger partial charge in [0.15, 0.2) is 5.96 Å². The van der Waals surface area contributed by atoms with Gasteiger partial charge in [-0.25, -0.2) is 0 Å². The zero-order chi connectivity index (χ0) is 13.7. The highest BCUT2D eigenvalue weighted by atomic mass is 15.2. The number of aliphatic imine (C=N–C) groups is 1. The molecule has 4 nitrogen and oxygen atoms in total. The molecular formula is C15H24N4. The summed E-state index contributed by atoms with van der Waals surface area (Å²) in [7, 11) is 1.72. The monoisotopic (exact) mass is 260 g/mol. The van der Waals surface area contributed by atoms with E-state index < -0.39 is 0 Å². The van der Waals surface area contributed by atoms with E-state index in [2.05, 4.69) is 52.5 Å². The molecule has 1 aromatic carbocycles. The number of hydrogen-bond acceptors (Lipinski definition) is 2. The van der Waals surface area contributed by atoms with Crippen molar-refractivity contribution < 1.29 is 0 Å². The number of nitrogens with one attached hydrogen (secondary N) is 1. The van der Waals surface area contributed by atoms with Gasteiger partial charge in [0.2, 0.25) is 0 Å². The first-order valence-electron chi connectivity index (χ1n) is 6.94. The van der Waals surface area contributed by atoms with E-state index in [0.717, 1.165) is 26.1 Å². The first-order valence-corrected chi connectivity index (χ1v) is 6.94. The molecule has 19 heavy (non-hydrogen) atoms. The average Bonchev–Trinajstić information content (AvgIpc) is 2.43. The zero-order valence-electron chi connectivity index (χ0n) is 11.8. The fourth-order valence-electron chi connectivity index (χ4n) is 2.69. The van der Waals surface area contributed by atoms with Gasteiger partial charge in [-0.1, -0.05) is 37.3 Å². The molecule has 1 aliphatic heterocycles. The highest BCUT2D eigenvalue weighted by Crippen LogP contribution is 2.18. The maximum atomic E-state index is 5.75. The molecule has 2 unspecified atom stereocenters. The van der Waals surface area contributed by atoms with Crippen LogP contribution in [0.25, 0.3) is 0 Å². The van der Waals surface area contributed by atoms with Crippen molar-refractivity contribution in [3.05, 3.63) is 35.9 Å². The van der Waals surface area contributed by atoms with Crippen LogP contribution < -0.4 is 11.1 Å². The largest absolute Gasteiger partial charge is 0.370 e. The fraction of sp³-hybridized carbons (Fsp3) is 0.533. The average molecular weight is 260 g/mol. The summed E-state index contributed by atoms with van der Waals surface area (Å²) < 4.78 is 0. The summed E-state index contributed by atoms with van der Waals surface area (Å²) in [6.45, 7) is 5.52. The van der Waals surface area contributed by atoms with Gasteiger partial charge in [-0.2, -0.15) is 0 Å². The van der Waals surface area contributed by atoms with Crippen molar-refractivity contribution in [2.45, 2.75) is 25.9 Å². The Morgan fingerprint density at radius 2 is 2.16 bits per heavy atom. The first-order chi connectivity index (χ1) is 9.19. The third kappa shape index (κ3) is 3.96. The van der Waals surface area contributed by atoms with Crippen LogP contribution >= 0.6 is 0 Å². The molecule has 2 atom stereocenters. The minimum Gasteiger partial charge on any atom is -0.370 e. The lowest BCUT2D eigenvalue weighted by Gasteiger charge is -2.37. The Morgan fingerprint density at radius 1 is 1.42 bits per heavy atom. The van der Waals surface area contributed by atoms with Crippen LogP contribution in [0.1, 0.15) is 18.9 Å². The Balaban J connectivity index is 1.86. The van der Waals surface area contributed by atoms with Gasteiger partial charge in [0, 0.05) is 32.7 Å². The number of hydrogen-bond donors (Lipinski definition) is 2. The van der Waals surface area contributed by atoms with Crippen LogP contribution in [0.4, 0.5) is 0 Å². The smallest absolute Gasteiger partial charge is 0.188 e. The summed E-state index contributed by atoms with van der Waals surface area (Å²) in [5, 5.41) is 3.30. The van der Waals surface area contributed by atoms with Gasteiger partial charge in [0.1, 0.15) is 0 Å². The normalized spacial score (nSPS) is 25.3. The third-order valence-corrected chi connectivity index (χ3v) is 3.81. The Kier molecular flexibility index (Phi) is 4.80. The second kappa shape index (κ2) is 6.57. The molecule has 1 saturated heterocycles. The van der Waals surface area contributed by atoms with E-state index in [4.69, 9.17) is 5.73 Å². The number of nitrogens with zero attached hydrogens (tertiary/aromatic N) is 2. The van der Waals surface area contributed by atoms with Crippen LogP contribution in [0.2, 0.25) is 0 Å². The van der Waals surface area contributed by atoms with Gasteiger partial charge < -0.3 is 11.1 Å². The van der Waals surface area contributed by atoms with Gasteiger partial charge in [-0.05, 0) is 17.9 Å². The van der Waals surface area contributed by atoms with Gasteiger partial charge in [0.25, 0.3) is 0 Å². The predicted molar refractivity (Wildman–Crippen MR) is 80.0 cm³/mol. The Morgan fingerprint density at radius 3 is 2.79 bits per heavy atom. The SMILES string of the molecule is CN=C(N)NC1CCN(Cc2ccccc2)CC1C. The van der Waals surface area contributed by atoms with Crippen LogP contribution in [0.5, 0.6) is 0 Å². The van der Waals surface area contributed by atoms with Crippen molar-refractivity contribution in [2.24, 2.45) is 16.6 Å². The molecule has 2 rings (SSSR count). The van der Waals surface area contributed by atoms with Crippen LogP contribution in [0.15, 0.2) is 35.3 Å². The molecule has 1 heterocycles. The van der Waals surface area contributed by atoms with Crippen LogP contribution in [0.3, 0.4) is 0 Å². The van der Waals surface area contributed by atoms with E-state index in [9.17, 15) is 0 Å². The molecule has 0 bridgehead atoms. The number of piperidine rings is 1. The van der Waals surface area contributed by atoms with Crippen molar-refractivity contribution >= 4 is 5.96 Å². The molecule has 0 aliphatic carbocycles. The molecular weight excluding hydrogens is 236 g/mol. The second-order valence-electron chi connectivity index (χ2n) is 5.35. The van der Waals surface area contributed by atoms with E-state index in [1.807, 2.05) is 0 Å². The standard InChI is InChI=1S/C15H24N4/c1-12-10-19(11-13-6-4-3-5-7-13)9-8-14(12)18-15(16)17-2/h3-7,12,14H,8-11H2,1-2H3,(H3,16,17,18). The summed E-state index contributed by atoms with van der Waals surface area (Å²) in [6.07, 6.45) is 1.12. The lowest BCUT2D eigenvalue weighted by atomic mass is 9.93. The molecule has 1 aliphatic rings. The highest BCUT2D eigenvalue weighted by Gasteiger charge is 2.26. The summed E-state index contributed by atoms with van der Waals surface area (Å²) >= 11 is 0. The molecule has 4 heteroatoms. The molecule has 3 N–H and O–H groups in total. The van der Waals surface area contributed by atoms with Crippen molar-refractivity contribution in [1.29, 1.82) is 0 Å². The Bertz CT molecular complexity index is 415. The van der Waals surface area contributed by atoms with Gasteiger partial charge in [-0.15, -0.1) is 0 Å². The summed E-state index contributed by atoms with van der Waals surface area (Å²) in [4.78, 5) is 6.48. The van der Waals surface area contributed by atoms with Crippen molar-refractivity contribution in [1.82, 2.24) is 10.2 Å². The number of benzene rings is 1. The summed E-state index contributed by atoms with van der Waals surface area (Å²) in [5.41, 5.74) is 7.13. The molecule has 1 aromatic rings. The quantitative estimate of drug-likeness (QED) is 0.638. The van der Waals surface area contributed by atoms with Gasteiger partial charge >= 0.3 is 0 Å². The summed E-state index contributed by atoms with van der Waals surface area (Å²) in [5.74, 6) is 1.13. The topological polar surface area (TPSA) is 53.6 Å². The van der Waals surface area contributed by atoms with Crippen LogP contribution in [-0.2, 0) is 6.54 Å². The number of likely N-dealkylation sites (tertiary alicyclic amines) is 1. The van der Waals surface area contributed by atoms with Crippen molar-refractivity contribution in [3.63, 3.8) is 0 Å². The molecule has 1 fully saturated rings. The maximum absolute atomic E-state index is 5.75. The predicted octanol–water partition coefficient (Wildman–Crippen LogP) is 1.43. The zero-order valence-corrected chi connectivity index (χ0v) is 11.8. The fourth-order valence-corrected chi connectivity index (χ4v) is 2.69. The van der Waals surface area contributed by atoms with Crippen molar-refractivity contribution in [2.75, 3.05) is 20.1 Å². The molecule has 104 valence electrons. The summed E-state index contributed by atoms with van der Waals surface area (Å²) in [6, 6.07) is 11.1. The van der Waals surface area contributed by atoms with Crippen molar-refractivity contribution in [3.8, 4) is 0 Å².